The normalized spacial score (nSPS) is 10.9. The molecule has 4 aromatic rings. The van der Waals surface area contributed by atoms with E-state index in [9.17, 15) is 9.18 Å². The number of nitrogens with zero attached hydrogens (tertiary/aromatic N) is 2. The SMILES string of the molecule is COc1ccc(-c2cn3cccc(C)c3n2)cc1NC(=O)Cc1ccccc1F. The van der Waals surface area contributed by atoms with Crippen molar-refractivity contribution in [2.75, 3.05) is 12.4 Å². The van der Waals surface area contributed by atoms with Gasteiger partial charge in [0.1, 0.15) is 17.2 Å². The maximum atomic E-state index is 13.8. The predicted octanol–water partition coefficient (Wildman–Crippen LogP) is 4.64. The Morgan fingerprint density at radius 3 is 2.76 bits per heavy atom. The van der Waals surface area contributed by atoms with Gasteiger partial charge in [-0.25, -0.2) is 9.37 Å². The first-order valence-corrected chi connectivity index (χ1v) is 9.21. The minimum Gasteiger partial charge on any atom is -0.495 e. The van der Waals surface area contributed by atoms with Crippen LogP contribution in [0.2, 0.25) is 0 Å². The molecule has 0 radical (unpaired) electrons. The number of halogens is 1. The van der Waals surface area contributed by atoms with Crippen molar-refractivity contribution in [1.29, 1.82) is 0 Å². The van der Waals surface area contributed by atoms with E-state index in [4.69, 9.17) is 9.72 Å². The Bertz CT molecular complexity index is 1200. The zero-order valence-corrected chi connectivity index (χ0v) is 16.1. The summed E-state index contributed by atoms with van der Waals surface area (Å²) in [7, 11) is 1.54. The van der Waals surface area contributed by atoms with Crippen LogP contribution < -0.4 is 10.1 Å². The molecule has 0 aliphatic carbocycles. The lowest BCUT2D eigenvalue weighted by molar-refractivity contribution is -0.115. The molecule has 0 bridgehead atoms. The lowest BCUT2D eigenvalue weighted by Crippen LogP contribution is -2.15. The standard InChI is InChI=1S/C23H20FN3O2/c1-15-6-5-11-27-14-20(26-23(15)27)17-9-10-21(29-2)19(12-17)25-22(28)13-16-7-3-4-8-18(16)24/h3-12,14H,13H2,1-2H3,(H,25,28). The second-order valence-corrected chi connectivity index (χ2v) is 6.78. The average Bonchev–Trinajstić information content (AvgIpc) is 3.15. The molecule has 0 spiro atoms. The molecule has 0 unspecified atom stereocenters. The fourth-order valence-electron chi connectivity index (χ4n) is 3.27. The number of carbonyl (C=O) groups excluding carboxylic acids is 1. The Balaban J connectivity index is 1.63. The Labute approximate surface area is 167 Å². The molecule has 1 N–H and O–H groups in total. The van der Waals surface area contributed by atoms with Gasteiger partial charge in [-0.2, -0.15) is 0 Å². The Morgan fingerprint density at radius 1 is 1.17 bits per heavy atom. The van der Waals surface area contributed by atoms with E-state index in [0.717, 1.165) is 22.5 Å². The van der Waals surface area contributed by atoms with Crippen LogP contribution in [0.3, 0.4) is 0 Å². The average molecular weight is 389 g/mol. The van der Waals surface area contributed by atoms with E-state index >= 15 is 0 Å². The van der Waals surface area contributed by atoms with Crippen molar-refractivity contribution in [3.05, 3.63) is 83.9 Å². The molecule has 2 aromatic heterocycles. The molecule has 5 nitrogen and oxygen atoms in total. The number of amides is 1. The Morgan fingerprint density at radius 2 is 2.00 bits per heavy atom. The van der Waals surface area contributed by atoms with Gasteiger partial charge in [0.2, 0.25) is 5.91 Å². The highest BCUT2D eigenvalue weighted by Gasteiger charge is 2.13. The van der Waals surface area contributed by atoms with E-state index in [1.165, 1.54) is 13.2 Å². The van der Waals surface area contributed by atoms with Crippen LogP contribution in [0.1, 0.15) is 11.1 Å². The van der Waals surface area contributed by atoms with Crippen molar-refractivity contribution >= 4 is 17.2 Å². The van der Waals surface area contributed by atoms with E-state index in [0.29, 0.717) is 17.0 Å². The van der Waals surface area contributed by atoms with Gasteiger partial charge in [0.15, 0.2) is 0 Å². The molecule has 0 saturated carbocycles. The molecule has 2 aromatic carbocycles. The first-order chi connectivity index (χ1) is 14.0. The van der Waals surface area contributed by atoms with Gasteiger partial charge in [-0.15, -0.1) is 0 Å². The third-order valence-electron chi connectivity index (χ3n) is 4.76. The van der Waals surface area contributed by atoms with Gasteiger partial charge in [0, 0.05) is 18.0 Å². The second kappa shape index (κ2) is 7.75. The minimum absolute atomic E-state index is 0.0619. The summed E-state index contributed by atoms with van der Waals surface area (Å²) in [5, 5.41) is 2.83. The molecule has 0 fully saturated rings. The maximum absolute atomic E-state index is 13.8. The van der Waals surface area contributed by atoms with Crippen molar-refractivity contribution in [3.8, 4) is 17.0 Å². The lowest BCUT2D eigenvalue weighted by Gasteiger charge is -2.12. The van der Waals surface area contributed by atoms with Crippen LogP contribution >= 0.6 is 0 Å². The molecule has 0 aliphatic rings. The van der Waals surface area contributed by atoms with Gasteiger partial charge >= 0.3 is 0 Å². The van der Waals surface area contributed by atoms with Crippen LogP contribution in [0.15, 0.2) is 67.0 Å². The zero-order chi connectivity index (χ0) is 20.4. The molecule has 29 heavy (non-hydrogen) atoms. The zero-order valence-electron chi connectivity index (χ0n) is 16.1. The molecule has 1 amide bonds. The van der Waals surface area contributed by atoms with Crippen LogP contribution in [0, 0.1) is 12.7 Å². The Hall–Kier alpha value is -3.67. The number of pyridine rings is 1. The summed E-state index contributed by atoms with van der Waals surface area (Å²) in [5.74, 6) is -0.199. The number of ether oxygens (including phenoxy) is 1. The number of carbonyl (C=O) groups is 1. The number of hydrogen-bond donors (Lipinski definition) is 1. The second-order valence-electron chi connectivity index (χ2n) is 6.78. The highest BCUT2D eigenvalue weighted by molar-refractivity contribution is 5.94. The van der Waals surface area contributed by atoms with Crippen molar-refractivity contribution in [3.63, 3.8) is 0 Å². The van der Waals surface area contributed by atoms with E-state index in [1.54, 1.807) is 24.3 Å². The lowest BCUT2D eigenvalue weighted by atomic mass is 10.1. The van der Waals surface area contributed by atoms with Crippen molar-refractivity contribution in [2.45, 2.75) is 13.3 Å². The number of anilines is 1. The van der Waals surface area contributed by atoms with E-state index in [2.05, 4.69) is 5.32 Å². The van der Waals surface area contributed by atoms with Crippen LogP contribution in [-0.2, 0) is 11.2 Å². The first kappa shape index (κ1) is 18.7. The number of methoxy groups -OCH3 is 1. The van der Waals surface area contributed by atoms with Gasteiger partial charge in [-0.05, 0) is 48.4 Å². The van der Waals surface area contributed by atoms with Gasteiger partial charge in [0.05, 0.1) is 24.9 Å². The third-order valence-corrected chi connectivity index (χ3v) is 4.76. The minimum atomic E-state index is -0.400. The third kappa shape index (κ3) is 3.82. The number of hydrogen-bond acceptors (Lipinski definition) is 3. The van der Waals surface area contributed by atoms with Gasteiger partial charge in [-0.1, -0.05) is 24.3 Å². The number of imidazole rings is 1. The van der Waals surface area contributed by atoms with Crippen LogP contribution in [0.4, 0.5) is 10.1 Å². The van der Waals surface area contributed by atoms with Crippen molar-refractivity contribution in [1.82, 2.24) is 9.38 Å². The molecule has 0 atom stereocenters. The molecular weight excluding hydrogens is 369 g/mol. The van der Waals surface area contributed by atoms with Crippen LogP contribution in [0.25, 0.3) is 16.9 Å². The summed E-state index contributed by atoms with van der Waals surface area (Å²) in [6.45, 7) is 2.01. The van der Waals surface area contributed by atoms with Crippen LogP contribution in [0.5, 0.6) is 5.75 Å². The highest BCUT2D eigenvalue weighted by Crippen LogP contribution is 2.31. The molecule has 146 valence electrons. The van der Waals surface area contributed by atoms with Crippen molar-refractivity contribution < 1.29 is 13.9 Å². The smallest absolute Gasteiger partial charge is 0.229 e. The van der Waals surface area contributed by atoms with E-state index in [1.807, 2.05) is 48.0 Å². The number of aryl methyl sites for hydroxylation is 1. The molecular formula is C23H20FN3O2. The van der Waals surface area contributed by atoms with E-state index < -0.39 is 5.82 Å². The van der Waals surface area contributed by atoms with Crippen LogP contribution in [-0.4, -0.2) is 22.4 Å². The summed E-state index contributed by atoms with van der Waals surface area (Å²) in [5.41, 5.74) is 4.44. The maximum Gasteiger partial charge on any atom is 0.229 e. The molecule has 0 aliphatic heterocycles. The van der Waals surface area contributed by atoms with Gasteiger partial charge in [-0.3, -0.25) is 4.79 Å². The number of fused-ring (bicyclic) bond motifs is 1. The van der Waals surface area contributed by atoms with E-state index in [-0.39, 0.29) is 12.3 Å². The largest absolute Gasteiger partial charge is 0.495 e. The first-order valence-electron chi connectivity index (χ1n) is 9.21. The fraction of sp³-hybridized carbons (Fsp3) is 0.130. The predicted molar refractivity (Wildman–Crippen MR) is 111 cm³/mol. The topological polar surface area (TPSA) is 55.6 Å². The summed E-state index contributed by atoms with van der Waals surface area (Å²) >= 11 is 0. The monoisotopic (exact) mass is 389 g/mol. The number of rotatable bonds is 5. The molecule has 6 heteroatoms. The van der Waals surface area contributed by atoms with Crippen molar-refractivity contribution in [2.24, 2.45) is 0 Å². The van der Waals surface area contributed by atoms with Gasteiger partial charge in [0.25, 0.3) is 0 Å². The van der Waals surface area contributed by atoms with Gasteiger partial charge < -0.3 is 14.5 Å². The summed E-state index contributed by atoms with van der Waals surface area (Å²) in [6.07, 6.45) is 3.82. The molecule has 0 saturated heterocycles. The number of benzene rings is 2. The quantitative estimate of drug-likeness (QED) is 0.541. The summed E-state index contributed by atoms with van der Waals surface area (Å²) in [4.78, 5) is 17.2. The fourth-order valence-corrected chi connectivity index (χ4v) is 3.27. The summed E-state index contributed by atoms with van der Waals surface area (Å²) in [6, 6.07) is 15.7. The Kier molecular flexibility index (Phi) is 4.99. The molecule has 4 rings (SSSR count). The molecule has 2 heterocycles. The summed E-state index contributed by atoms with van der Waals surface area (Å²) < 4.78 is 21.2. The number of aromatic nitrogens is 2. The highest BCUT2D eigenvalue weighted by atomic mass is 19.1. The number of nitrogens with one attached hydrogen (secondary N) is 1.